The zero-order chi connectivity index (χ0) is 16.3. The minimum absolute atomic E-state index is 0.0121. The molecule has 2 nitrogen and oxygen atoms in total. The van der Waals surface area contributed by atoms with Crippen molar-refractivity contribution in [1.82, 2.24) is 0 Å². The van der Waals surface area contributed by atoms with Crippen molar-refractivity contribution in [2.24, 2.45) is 34.5 Å². The van der Waals surface area contributed by atoms with Crippen molar-refractivity contribution in [2.45, 2.75) is 90.1 Å². The number of nitrogens with zero attached hydrogens (tertiary/aromatic N) is 1. The van der Waals surface area contributed by atoms with Crippen molar-refractivity contribution >= 4 is 0 Å². The number of rotatable bonds is 1. The van der Waals surface area contributed by atoms with Crippen LogP contribution < -0.4 is 0 Å². The third kappa shape index (κ3) is 2.02. The average molecular weight is 316 g/mol. The van der Waals surface area contributed by atoms with Crippen molar-refractivity contribution in [1.29, 1.82) is 5.26 Å². The van der Waals surface area contributed by atoms with Crippen LogP contribution in [0.4, 0.5) is 0 Å². The first kappa shape index (κ1) is 15.9. The van der Waals surface area contributed by atoms with Crippen LogP contribution in [0.5, 0.6) is 0 Å². The van der Waals surface area contributed by atoms with E-state index in [0.717, 1.165) is 37.0 Å². The summed E-state index contributed by atoms with van der Waals surface area (Å²) in [6.07, 6.45) is 13.3. The van der Waals surface area contributed by atoms with Gasteiger partial charge >= 0.3 is 0 Å². The van der Waals surface area contributed by atoms with E-state index in [-0.39, 0.29) is 5.41 Å². The summed E-state index contributed by atoms with van der Waals surface area (Å²) in [6.45, 7) is 4.92. The molecule has 4 saturated carbocycles. The molecule has 1 N–H and O–H groups in total. The predicted molar refractivity (Wildman–Crippen MR) is 91.5 cm³/mol. The van der Waals surface area contributed by atoms with Crippen molar-refractivity contribution in [3.63, 3.8) is 0 Å². The van der Waals surface area contributed by atoms with Gasteiger partial charge in [0.25, 0.3) is 0 Å². The van der Waals surface area contributed by atoms with Crippen LogP contribution in [0.25, 0.3) is 0 Å². The molecule has 0 heterocycles. The second-order valence-electron chi connectivity index (χ2n) is 9.76. The summed E-state index contributed by atoms with van der Waals surface area (Å²) >= 11 is 0. The molecule has 0 amide bonds. The molecule has 0 aromatic rings. The van der Waals surface area contributed by atoms with Gasteiger partial charge < -0.3 is 5.11 Å². The first-order chi connectivity index (χ1) is 10.9. The molecule has 0 spiro atoms. The van der Waals surface area contributed by atoms with Crippen LogP contribution in [-0.4, -0.2) is 10.7 Å². The fourth-order valence-corrected chi connectivity index (χ4v) is 7.83. The molecule has 4 aliphatic rings. The van der Waals surface area contributed by atoms with Gasteiger partial charge in [-0.15, -0.1) is 0 Å². The zero-order valence-corrected chi connectivity index (χ0v) is 15.0. The number of hydrogen-bond acceptors (Lipinski definition) is 2. The highest BCUT2D eigenvalue weighted by molar-refractivity contribution is 5.15. The molecule has 0 saturated heterocycles. The molecular formula is C21H33NO. The number of fused-ring (bicyclic) bond motifs is 5. The fraction of sp³-hybridized carbons (Fsp3) is 0.952. The summed E-state index contributed by atoms with van der Waals surface area (Å²) in [7, 11) is 0. The maximum atomic E-state index is 11.2. The van der Waals surface area contributed by atoms with Crippen LogP contribution in [-0.2, 0) is 0 Å². The maximum Gasteiger partial charge on any atom is 0.0833 e. The van der Waals surface area contributed by atoms with Gasteiger partial charge in [-0.3, -0.25) is 0 Å². The molecule has 7 atom stereocenters. The third-order valence-electron chi connectivity index (χ3n) is 9.28. The van der Waals surface area contributed by atoms with Crippen LogP contribution in [0.2, 0.25) is 0 Å². The Morgan fingerprint density at radius 3 is 2.52 bits per heavy atom. The van der Waals surface area contributed by atoms with E-state index >= 15 is 0 Å². The molecule has 2 heteroatoms. The lowest BCUT2D eigenvalue weighted by molar-refractivity contribution is -0.149. The van der Waals surface area contributed by atoms with Crippen LogP contribution in [0, 0.1) is 45.8 Å². The third-order valence-corrected chi connectivity index (χ3v) is 9.28. The molecule has 0 aliphatic heterocycles. The van der Waals surface area contributed by atoms with E-state index in [1.165, 1.54) is 44.9 Å². The van der Waals surface area contributed by atoms with Gasteiger partial charge in [0.2, 0.25) is 0 Å². The van der Waals surface area contributed by atoms with Crippen molar-refractivity contribution in [3.8, 4) is 6.07 Å². The first-order valence-electron chi connectivity index (χ1n) is 10.0. The lowest BCUT2D eigenvalue weighted by Gasteiger charge is -2.61. The summed E-state index contributed by atoms with van der Waals surface area (Å²) in [4.78, 5) is 0. The van der Waals surface area contributed by atoms with Crippen molar-refractivity contribution in [2.75, 3.05) is 0 Å². The molecule has 0 radical (unpaired) electrons. The van der Waals surface area contributed by atoms with Crippen LogP contribution >= 0.6 is 0 Å². The van der Waals surface area contributed by atoms with E-state index in [1.54, 1.807) is 0 Å². The highest BCUT2D eigenvalue weighted by Gasteiger charge is 2.64. The lowest BCUT2D eigenvalue weighted by Crippen LogP contribution is -2.56. The smallest absolute Gasteiger partial charge is 0.0833 e. The summed E-state index contributed by atoms with van der Waals surface area (Å²) in [6, 6.07) is 2.28. The monoisotopic (exact) mass is 315 g/mol. The van der Waals surface area contributed by atoms with Gasteiger partial charge in [-0.05, 0) is 80.5 Å². The molecule has 23 heavy (non-hydrogen) atoms. The van der Waals surface area contributed by atoms with Crippen LogP contribution in [0.3, 0.4) is 0 Å². The largest absolute Gasteiger partial charge is 0.388 e. The molecular weight excluding hydrogens is 282 g/mol. The first-order valence-corrected chi connectivity index (χ1v) is 10.0. The van der Waals surface area contributed by atoms with Gasteiger partial charge in [0.15, 0.2) is 0 Å². The van der Waals surface area contributed by atoms with E-state index in [9.17, 15) is 10.4 Å². The summed E-state index contributed by atoms with van der Waals surface area (Å²) in [5.41, 5.74) is -0.165. The van der Waals surface area contributed by atoms with Gasteiger partial charge in [-0.25, -0.2) is 0 Å². The lowest BCUT2D eigenvalue weighted by atomic mass is 9.44. The van der Waals surface area contributed by atoms with Gasteiger partial charge in [0, 0.05) is 5.41 Å². The Labute approximate surface area is 141 Å². The van der Waals surface area contributed by atoms with Crippen LogP contribution in [0.1, 0.15) is 84.5 Å². The van der Waals surface area contributed by atoms with E-state index in [0.29, 0.717) is 17.8 Å². The highest BCUT2D eigenvalue weighted by atomic mass is 16.3. The Morgan fingerprint density at radius 1 is 0.957 bits per heavy atom. The SMILES string of the molecule is C[C@]12CCCCC1CCC1C2CC[C@@]2(C)C1CC[C@@]2(O)CC#N. The molecule has 128 valence electrons. The normalized spacial score (nSPS) is 55.4. The van der Waals surface area contributed by atoms with E-state index < -0.39 is 5.60 Å². The average Bonchev–Trinajstić information content (AvgIpc) is 2.79. The highest BCUT2D eigenvalue weighted by Crippen LogP contribution is 2.68. The van der Waals surface area contributed by atoms with E-state index in [2.05, 4.69) is 19.9 Å². The maximum absolute atomic E-state index is 11.2. The molecule has 0 aromatic heterocycles. The minimum Gasteiger partial charge on any atom is -0.388 e. The Morgan fingerprint density at radius 2 is 1.74 bits per heavy atom. The Kier molecular flexibility index (Phi) is 3.62. The summed E-state index contributed by atoms with van der Waals surface area (Å²) < 4.78 is 0. The Hall–Kier alpha value is -0.550. The molecule has 4 unspecified atom stereocenters. The van der Waals surface area contributed by atoms with Gasteiger partial charge in [-0.1, -0.05) is 26.7 Å². The number of hydrogen-bond donors (Lipinski definition) is 1. The molecule has 0 bridgehead atoms. The number of aliphatic hydroxyl groups is 1. The van der Waals surface area contributed by atoms with Crippen molar-refractivity contribution in [3.05, 3.63) is 0 Å². The zero-order valence-electron chi connectivity index (χ0n) is 15.0. The van der Waals surface area contributed by atoms with E-state index in [1.807, 2.05) is 0 Å². The van der Waals surface area contributed by atoms with Crippen LogP contribution in [0.15, 0.2) is 0 Å². The van der Waals surface area contributed by atoms with Gasteiger partial charge in [0.1, 0.15) is 0 Å². The van der Waals surface area contributed by atoms with Gasteiger partial charge in [0.05, 0.1) is 18.1 Å². The minimum atomic E-state index is -0.721. The van der Waals surface area contributed by atoms with Crippen molar-refractivity contribution < 1.29 is 5.11 Å². The number of nitriles is 1. The predicted octanol–water partition coefficient (Wildman–Crippen LogP) is 5.06. The molecule has 0 aromatic carbocycles. The molecule has 4 aliphatic carbocycles. The fourth-order valence-electron chi connectivity index (χ4n) is 7.83. The topological polar surface area (TPSA) is 44.0 Å². The second-order valence-corrected chi connectivity index (χ2v) is 9.76. The standard InChI is InChI=1S/C21H33NO/c1-19-10-4-3-5-15(19)6-7-16-17(19)8-11-20(2)18(16)9-12-21(20,23)13-14-22/h15-18,23H,3-13H2,1-2H3/t15?,16?,17?,18?,19-,20-,21+/m0/s1. The summed E-state index contributed by atoms with van der Waals surface area (Å²) in [5.74, 6) is 3.30. The Bertz CT molecular complexity index is 524. The Balaban J connectivity index is 1.64. The molecule has 4 fully saturated rings. The molecule has 4 rings (SSSR count). The van der Waals surface area contributed by atoms with E-state index in [4.69, 9.17) is 0 Å². The quantitative estimate of drug-likeness (QED) is 0.734. The van der Waals surface area contributed by atoms with Gasteiger partial charge in [-0.2, -0.15) is 5.26 Å². The second kappa shape index (κ2) is 5.22. The summed E-state index contributed by atoms with van der Waals surface area (Å²) in [5, 5.41) is 20.4.